The number of nitrogens with zero attached hydrogens (tertiary/aromatic N) is 4. The number of oxazole rings is 1. The topological polar surface area (TPSA) is 72.1 Å². The Kier molecular flexibility index (Phi) is 2.89. The van der Waals surface area contributed by atoms with Gasteiger partial charge in [0.15, 0.2) is 5.58 Å². The highest BCUT2D eigenvalue weighted by atomic mass is 16.4. The van der Waals surface area contributed by atoms with Crippen LogP contribution in [0.25, 0.3) is 11.1 Å². The lowest BCUT2D eigenvalue weighted by atomic mass is 10.3. The first-order valence-corrected chi connectivity index (χ1v) is 7.21. The van der Waals surface area contributed by atoms with Crippen LogP contribution in [0, 0.1) is 6.92 Å². The lowest BCUT2D eigenvalue weighted by molar-refractivity contribution is 0.0975. The Morgan fingerprint density at radius 2 is 2.05 bits per heavy atom. The van der Waals surface area contributed by atoms with Crippen LogP contribution >= 0.6 is 0 Å². The van der Waals surface area contributed by atoms with Gasteiger partial charge < -0.3 is 4.42 Å². The van der Waals surface area contributed by atoms with Crippen molar-refractivity contribution >= 4 is 23.0 Å². The molecule has 1 aromatic carbocycles. The summed E-state index contributed by atoms with van der Waals surface area (Å²) in [7, 11) is 0. The monoisotopic (exact) mass is 294 g/mol. The van der Waals surface area contributed by atoms with Gasteiger partial charge in [-0.3, -0.25) is 9.69 Å². The number of aryl methyl sites for hydroxylation is 1. The zero-order chi connectivity index (χ0) is 15.1. The molecule has 1 aliphatic rings. The summed E-state index contributed by atoms with van der Waals surface area (Å²) < 4.78 is 5.75. The summed E-state index contributed by atoms with van der Waals surface area (Å²) in [5.74, 6) is 0.374. The molecule has 1 saturated carbocycles. The molecule has 0 saturated heterocycles. The second kappa shape index (κ2) is 4.91. The molecule has 22 heavy (non-hydrogen) atoms. The number of carbonyl (C=O) groups is 1. The number of hydrogen-bond acceptors (Lipinski definition) is 5. The molecule has 1 amide bonds. The minimum Gasteiger partial charge on any atom is -0.423 e. The van der Waals surface area contributed by atoms with E-state index in [4.69, 9.17) is 4.42 Å². The lowest BCUT2D eigenvalue weighted by Crippen LogP contribution is -2.34. The number of anilines is 1. The fraction of sp³-hybridized carbons (Fsp3) is 0.250. The van der Waals surface area contributed by atoms with Gasteiger partial charge in [0.05, 0.1) is 0 Å². The van der Waals surface area contributed by atoms with Gasteiger partial charge in [-0.25, -0.2) is 9.97 Å². The molecule has 3 aromatic rings. The molecule has 6 nitrogen and oxygen atoms in total. The highest BCUT2D eigenvalue weighted by molar-refractivity contribution is 6.04. The maximum absolute atomic E-state index is 12.8. The summed E-state index contributed by atoms with van der Waals surface area (Å²) in [6.07, 6.45) is 3.50. The molecule has 0 aliphatic heterocycles. The van der Waals surface area contributed by atoms with E-state index in [1.807, 2.05) is 24.3 Å². The van der Waals surface area contributed by atoms with Crippen LogP contribution in [0.5, 0.6) is 0 Å². The van der Waals surface area contributed by atoms with Crippen LogP contribution in [0.1, 0.15) is 29.2 Å². The van der Waals surface area contributed by atoms with E-state index in [2.05, 4.69) is 15.0 Å². The molecule has 0 atom stereocenters. The molecule has 1 aliphatic carbocycles. The van der Waals surface area contributed by atoms with Crippen molar-refractivity contribution in [1.29, 1.82) is 0 Å². The third-order valence-corrected chi connectivity index (χ3v) is 3.61. The summed E-state index contributed by atoms with van der Waals surface area (Å²) in [4.78, 5) is 27.1. The Hall–Kier alpha value is -2.76. The van der Waals surface area contributed by atoms with Crippen molar-refractivity contribution in [2.45, 2.75) is 25.8 Å². The van der Waals surface area contributed by atoms with E-state index < -0.39 is 0 Å². The van der Waals surface area contributed by atoms with E-state index in [0.717, 1.165) is 18.4 Å². The van der Waals surface area contributed by atoms with E-state index in [1.165, 1.54) is 0 Å². The molecule has 2 heterocycles. The van der Waals surface area contributed by atoms with E-state index >= 15 is 0 Å². The highest BCUT2D eigenvalue weighted by Crippen LogP contribution is 2.34. The Morgan fingerprint density at radius 1 is 1.23 bits per heavy atom. The van der Waals surface area contributed by atoms with Gasteiger partial charge in [0, 0.05) is 12.2 Å². The first kappa shape index (κ1) is 12.9. The quantitative estimate of drug-likeness (QED) is 0.742. The fourth-order valence-corrected chi connectivity index (χ4v) is 2.40. The third-order valence-electron chi connectivity index (χ3n) is 3.61. The number of para-hydroxylation sites is 2. The number of carbonyl (C=O) groups excluding carboxylic acids is 1. The number of hydrogen-bond donors (Lipinski definition) is 0. The zero-order valence-electron chi connectivity index (χ0n) is 12.1. The summed E-state index contributed by atoms with van der Waals surface area (Å²) in [6.45, 7) is 1.76. The van der Waals surface area contributed by atoms with Crippen molar-refractivity contribution in [3.05, 3.63) is 48.0 Å². The minimum absolute atomic E-state index is 0.135. The molecule has 0 N–H and O–H groups in total. The number of fused-ring (bicyclic) bond motifs is 1. The van der Waals surface area contributed by atoms with E-state index in [-0.39, 0.29) is 11.9 Å². The van der Waals surface area contributed by atoms with Crippen molar-refractivity contribution in [3.63, 3.8) is 0 Å². The second-order valence-electron chi connectivity index (χ2n) is 5.36. The van der Waals surface area contributed by atoms with E-state index in [0.29, 0.717) is 23.1 Å². The van der Waals surface area contributed by atoms with Crippen LogP contribution < -0.4 is 4.90 Å². The van der Waals surface area contributed by atoms with Crippen LogP contribution in [-0.2, 0) is 0 Å². The van der Waals surface area contributed by atoms with Gasteiger partial charge in [-0.05, 0) is 38.0 Å². The number of amides is 1. The van der Waals surface area contributed by atoms with Crippen molar-refractivity contribution < 1.29 is 9.21 Å². The van der Waals surface area contributed by atoms with Crippen molar-refractivity contribution in [2.24, 2.45) is 0 Å². The van der Waals surface area contributed by atoms with Crippen molar-refractivity contribution in [3.8, 4) is 0 Å². The molecule has 2 aromatic heterocycles. The zero-order valence-corrected chi connectivity index (χ0v) is 12.1. The van der Waals surface area contributed by atoms with Gasteiger partial charge in [0.2, 0.25) is 0 Å². The molecule has 0 unspecified atom stereocenters. The summed E-state index contributed by atoms with van der Waals surface area (Å²) >= 11 is 0. The molecule has 6 heteroatoms. The number of rotatable bonds is 3. The van der Waals surface area contributed by atoms with Crippen molar-refractivity contribution in [1.82, 2.24) is 15.0 Å². The average molecular weight is 294 g/mol. The Morgan fingerprint density at radius 3 is 2.77 bits per heavy atom. The second-order valence-corrected chi connectivity index (χ2v) is 5.36. The maximum Gasteiger partial charge on any atom is 0.305 e. The Labute approximate surface area is 126 Å². The van der Waals surface area contributed by atoms with Gasteiger partial charge in [-0.15, -0.1) is 0 Å². The van der Waals surface area contributed by atoms with Crippen molar-refractivity contribution in [2.75, 3.05) is 4.90 Å². The molecular formula is C16H14N4O2. The first-order valence-electron chi connectivity index (χ1n) is 7.21. The molecular weight excluding hydrogens is 280 g/mol. The standard InChI is InChI=1S/C16H14N4O2/c1-10-17-9-8-13(18-10)15(21)20(11-6-7-11)16-19-12-4-2-3-5-14(12)22-16/h2-5,8-9,11H,6-7H2,1H3. The molecule has 0 bridgehead atoms. The van der Waals surface area contributed by atoms with Crippen LogP contribution in [0.3, 0.4) is 0 Å². The van der Waals surface area contributed by atoms with E-state index in [1.54, 1.807) is 24.1 Å². The van der Waals surface area contributed by atoms with Gasteiger partial charge in [0.25, 0.3) is 5.91 Å². The molecule has 1 fully saturated rings. The van der Waals surface area contributed by atoms with E-state index in [9.17, 15) is 4.79 Å². The lowest BCUT2D eigenvalue weighted by Gasteiger charge is -2.17. The number of aromatic nitrogens is 3. The van der Waals surface area contributed by atoms with Gasteiger partial charge in [-0.1, -0.05) is 12.1 Å². The molecule has 0 radical (unpaired) electrons. The number of benzene rings is 1. The Balaban J connectivity index is 1.76. The normalized spacial score (nSPS) is 14.2. The molecule has 4 rings (SSSR count). The van der Waals surface area contributed by atoms with Gasteiger partial charge in [0.1, 0.15) is 17.0 Å². The van der Waals surface area contributed by atoms with Crippen LogP contribution in [0.2, 0.25) is 0 Å². The Bertz CT molecular complexity index is 821. The smallest absolute Gasteiger partial charge is 0.305 e. The summed E-state index contributed by atoms with van der Waals surface area (Å²) in [6, 6.07) is 9.58. The van der Waals surface area contributed by atoms with Crippen LogP contribution in [0.15, 0.2) is 40.9 Å². The van der Waals surface area contributed by atoms with Gasteiger partial charge >= 0.3 is 6.01 Å². The first-order chi connectivity index (χ1) is 10.7. The predicted octanol–water partition coefficient (Wildman–Crippen LogP) is 2.74. The predicted molar refractivity (Wildman–Crippen MR) is 80.6 cm³/mol. The highest BCUT2D eigenvalue weighted by Gasteiger charge is 2.37. The van der Waals surface area contributed by atoms with Crippen LogP contribution in [-0.4, -0.2) is 26.9 Å². The van der Waals surface area contributed by atoms with Gasteiger partial charge in [-0.2, -0.15) is 4.98 Å². The molecule has 110 valence electrons. The largest absolute Gasteiger partial charge is 0.423 e. The third kappa shape index (κ3) is 2.22. The summed E-state index contributed by atoms with van der Waals surface area (Å²) in [5, 5.41) is 0. The average Bonchev–Trinajstić information content (AvgIpc) is 3.25. The van der Waals surface area contributed by atoms with Crippen LogP contribution in [0.4, 0.5) is 6.01 Å². The maximum atomic E-state index is 12.8. The summed E-state index contributed by atoms with van der Waals surface area (Å²) in [5.41, 5.74) is 1.78. The fourth-order valence-electron chi connectivity index (χ4n) is 2.40. The minimum atomic E-state index is -0.195. The molecule has 0 spiro atoms. The SMILES string of the molecule is Cc1nccc(C(=O)N(c2nc3ccccc3o2)C2CC2)n1.